The van der Waals surface area contributed by atoms with Crippen molar-refractivity contribution in [2.75, 3.05) is 27.2 Å². The van der Waals surface area contributed by atoms with Gasteiger partial charge in [0.25, 0.3) is 0 Å². The first-order valence-corrected chi connectivity index (χ1v) is 10.7. The molecular formula is C21H23N3O4S. The average molecular weight is 413 g/mol. The minimum Gasteiger partial charge on any atom is -0.497 e. The summed E-state index contributed by atoms with van der Waals surface area (Å²) in [5, 5.41) is 9.20. The minimum atomic E-state index is -3.96. The second-order valence-electron chi connectivity index (χ2n) is 6.89. The number of nitriles is 1. The first-order chi connectivity index (χ1) is 13.9. The second kappa shape index (κ2) is 8.64. The van der Waals surface area contributed by atoms with E-state index in [0.29, 0.717) is 6.54 Å². The van der Waals surface area contributed by atoms with E-state index in [1.165, 1.54) is 19.2 Å². The number of likely N-dealkylation sites (N-methyl/N-ethyl adjacent to an activating group) is 1. The fourth-order valence-corrected chi connectivity index (χ4v) is 4.84. The molecule has 0 N–H and O–H groups in total. The van der Waals surface area contributed by atoms with Crippen molar-refractivity contribution >= 4 is 15.9 Å². The highest BCUT2D eigenvalue weighted by Crippen LogP contribution is 2.33. The molecule has 1 aliphatic heterocycles. The lowest BCUT2D eigenvalue weighted by molar-refractivity contribution is -0.132. The van der Waals surface area contributed by atoms with Gasteiger partial charge in [-0.3, -0.25) is 4.79 Å². The number of carbonyl (C=O) groups excluding carboxylic acids is 1. The van der Waals surface area contributed by atoms with Crippen molar-refractivity contribution in [3.8, 4) is 11.8 Å². The van der Waals surface area contributed by atoms with E-state index in [0.717, 1.165) is 28.5 Å². The number of sulfonamides is 1. The maximum atomic E-state index is 12.9. The molecule has 0 unspecified atom stereocenters. The zero-order valence-electron chi connectivity index (χ0n) is 16.4. The van der Waals surface area contributed by atoms with Crippen LogP contribution in [-0.4, -0.2) is 50.8 Å². The Balaban J connectivity index is 1.79. The summed E-state index contributed by atoms with van der Waals surface area (Å²) in [5.74, 6) is 0.449. The van der Waals surface area contributed by atoms with Gasteiger partial charge in [-0.1, -0.05) is 24.3 Å². The van der Waals surface area contributed by atoms with E-state index in [2.05, 4.69) is 0 Å². The third-order valence-electron chi connectivity index (χ3n) is 5.11. The normalized spacial score (nSPS) is 16.6. The van der Waals surface area contributed by atoms with Crippen LogP contribution >= 0.6 is 0 Å². The molecule has 2 aromatic carbocycles. The van der Waals surface area contributed by atoms with Crippen LogP contribution in [0.1, 0.15) is 30.0 Å². The number of ether oxygens (including phenoxy) is 1. The lowest BCUT2D eigenvalue weighted by atomic mass is 10.0. The zero-order valence-corrected chi connectivity index (χ0v) is 17.2. The van der Waals surface area contributed by atoms with E-state index in [1.54, 1.807) is 24.1 Å². The van der Waals surface area contributed by atoms with Gasteiger partial charge in [-0.15, -0.1) is 0 Å². The summed E-state index contributed by atoms with van der Waals surface area (Å²) >= 11 is 0. The van der Waals surface area contributed by atoms with Gasteiger partial charge in [-0.05, 0) is 42.7 Å². The Morgan fingerprint density at radius 3 is 2.76 bits per heavy atom. The molecule has 3 rings (SSSR count). The van der Waals surface area contributed by atoms with Crippen LogP contribution in [0.2, 0.25) is 0 Å². The number of carbonyl (C=O) groups is 1. The molecule has 1 heterocycles. The van der Waals surface area contributed by atoms with E-state index in [1.807, 2.05) is 30.3 Å². The van der Waals surface area contributed by atoms with Gasteiger partial charge in [-0.2, -0.15) is 9.57 Å². The predicted octanol–water partition coefficient (Wildman–Crippen LogP) is 2.55. The maximum absolute atomic E-state index is 12.9. The van der Waals surface area contributed by atoms with Crippen LogP contribution in [0.3, 0.4) is 0 Å². The lowest BCUT2D eigenvalue weighted by Gasteiger charge is -2.27. The van der Waals surface area contributed by atoms with Crippen molar-refractivity contribution in [1.82, 2.24) is 9.21 Å². The summed E-state index contributed by atoms with van der Waals surface area (Å²) < 4.78 is 32.0. The van der Waals surface area contributed by atoms with Crippen molar-refractivity contribution in [2.45, 2.75) is 23.8 Å². The van der Waals surface area contributed by atoms with Crippen molar-refractivity contribution in [3.63, 3.8) is 0 Å². The molecule has 2 aromatic rings. The molecule has 1 aliphatic rings. The Labute approximate surface area is 171 Å². The minimum absolute atomic E-state index is 0.0576. The van der Waals surface area contributed by atoms with E-state index in [9.17, 15) is 18.5 Å². The predicted molar refractivity (Wildman–Crippen MR) is 108 cm³/mol. The molecule has 1 atom stereocenters. The molecule has 0 bridgehead atoms. The largest absolute Gasteiger partial charge is 0.497 e. The van der Waals surface area contributed by atoms with Crippen molar-refractivity contribution < 1.29 is 17.9 Å². The van der Waals surface area contributed by atoms with Crippen LogP contribution in [0.25, 0.3) is 0 Å². The van der Waals surface area contributed by atoms with Crippen LogP contribution < -0.4 is 4.74 Å². The van der Waals surface area contributed by atoms with Crippen LogP contribution in [0.15, 0.2) is 53.4 Å². The van der Waals surface area contributed by atoms with E-state index in [4.69, 9.17) is 4.74 Å². The van der Waals surface area contributed by atoms with Crippen molar-refractivity contribution in [2.24, 2.45) is 0 Å². The highest BCUT2D eigenvalue weighted by molar-refractivity contribution is 7.89. The van der Waals surface area contributed by atoms with Crippen LogP contribution in [0.5, 0.6) is 5.75 Å². The molecule has 0 aliphatic carbocycles. The van der Waals surface area contributed by atoms with E-state index < -0.39 is 10.0 Å². The smallest absolute Gasteiger partial charge is 0.244 e. The standard InChI is InChI=1S/C21H23N3O4S/c1-23(29(26,27)20-11-4-3-7-17(20)14-22)15-21(25)24-12-6-10-19(24)16-8-5-9-18(13-16)28-2/h3-5,7-9,11,13,19H,6,10,12,15H2,1-2H3/t19-/m0/s1. The molecular weight excluding hydrogens is 390 g/mol. The van der Waals surface area contributed by atoms with Gasteiger partial charge in [0, 0.05) is 13.6 Å². The van der Waals surface area contributed by atoms with Gasteiger partial charge in [0.2, 0.25) is 15.9 Å². The molecule has 0 aromatic heterocycles. The number of amides is 1. The molecule has 1 saturated heterocycles. The molecule has 152 valence electrons. The van der Waals surface area contributed by atoms with Gasteiger partial charge in [-0.25, -0.2) is 8.42 Å². The SMILES string of the molecule is COc1cccc([C@@H]2CCCN2C(=O)CN(C)S(=O)(=O)c2ccccc2C#N)c1. The van der Waals surface area contributed by atoms with Crippen molar-refractivity contribution in [3.05, 3.63) is 59.7 Å². The Kier molecular flexibility index (Phi) is 6.20. The number of hydrogen-bond acceptors (Lipinski definition) is 5. The molecule has 1 fully saturated rings. The van der Waals surface area contributed by atoms with Gasteiger partial charge < -0.3 is 9.64 Å². The number of nitrogens with zero attached hydrogens (tertiary/aromatic N) is 3. The fraction of sp³-hybridized carbons (Fsp3) is 0.333. The zero-order chi connectivity index (χ0) is 21.0. The Bertz CT molecular complexity index is 1050. The maximum Gasteiger partial charge on any atom is 0.244 e. The molecule has 0 spiro atoms. The van der Waals surface area contributed by atoms with Gasteiger partial charge in [0.15, 0.2) is 0 Å². The van der Waals surface area contributed by atoms with Crippen LogP contribution in [0.4, 0.5) is 0 Å². The Morgan fingerprint density at radius 1 is 1.28 bits per heavy atom. The monoisotopic (exact) mass is 413 g/mol. The summed E-state index contributed by atoms with van der Waals surface area (Å²) in [4.78, 5) is 14.6. The topological polar surface area (TPSA) is 90.7 Å². The number of methoxy groups -OCH3 is 1. The number of rotatable bonds is 6. The highest BCUT2D eigenvalue weighted by atomic mass is 32.2. The number of hydrogen-bond donors (Lipinski definition) is 0. The van der Waals surface area contributed by atoms with Crippen LogP contribution in [-0.2, 0) is 14.8 Å². The highest BCUT2D eigenvalue weighted by Gasteiger charge is 2.33. The first kappa shape index (κ1) is 20.8. The molecule has 1 amide bonds. The third kappa shape index (κ3) is 4.26. The molecule has 0 radical (unpaired) electrons. The summed E-state index contributed by atoms with van der Waals surface area (Å²) in [5.41, 5.74) is 1.03. The third-order valence-corrected chi connectivity index (χ3v) is 6.97. The number of likely N-dealkylation sites (tertiary alicyclic amines) is 1. The van der Waals surface area contributed by atoms with Gasteiger partial charge >= 0.3 is 0 Å². The molecule has 0 saturated carbocycles. The number of benzene rings is 2. The van der Waals surface area contributed by atoms with E-state index >= 15 is 0 Å². The second-order valence-corrected chi connectivity index (χ2v) is 8.90. The molecule has 8 heteroatoms. The Morgan fingerprint density at radius 2 is 2.03 bits per heavy atom. The fourth-order valence-electron chi connectivity index (χ4n) is 3.58. The average Bonchev–Trinajstić information content (AvgIpc) is 3.23. The molecule has 7 nitrogen and oxygen atoms in total. The molecule has 29 heavy (non-hydrogen) atoms. The first-order valence-electron chi connectivity index (χ1n) is 9.27. The van der Waals surface area contributed by atoms with E-state index in [-0.39, 0.29) is 29.0 Å². The van der Waals surface area contributed by atoms with Crippen LogP contribution in [0, 0.1) is 11.3 Å². The van der Waals surface area contributed by atoms with Gasteiger partial charge in [0.05, 0.1) is 30.2 Å². The van der Waals surface area contributed by atoms with Crippen molar-refractivity contribution in [1.29, 1.82) is 5.26 Å². The lowest BCUT2D eigenvalue weighted by Crippen LogP contribution is -2.41. The summed E-state index contributed by atoms with van der Waals surface area (Å²) in [6, 6.07) is 15.3. The Hall–Kier alpha value is -2.89. The van der Waals surface area contributed by atoms with Gasteiger partial charge in [0.1, 0.15) is 11.8 Å². The summed E-state index contributed by atoms with van der Waals surface area (Å²) in [7, 11) is -1.00. The summed E-state index contributed by atoms with van der Waals surface area (Å²) in [6.45, 7) is 0.284. The summed E-state index contributed by atoms with van der Waals surface area (Å²) in [6.07, 6.45) is 1.66. The quantitative estimate of drug-likeness (QED) is 0.726.